The minimum atomic E-state index is -0.695. The molecule has 9 fully saturated rings. The van der Waals surface area contributed by atoms with Gasteiger partial charge in [0.1, 0.15) is 29.3 Å². The van der Waals surface area contributed by atoms with Crippen LogP contribution in [-0.4, -0.2) is 175 Å². The van der Waals surface area contributed by atoms with Gasteiger partial charge in [0.25, 0.3) is 0 Å². The van der Waals surface area contributed by atoms with Crippen LogP contribution >= 0.6 is 25.8 Å². The lowest BCUT2D eigenvalue weighted by atomic mass is 9.72. The van der Waals surface area contributed by atoms with Crippen LogP contribution in [0, 0.1) is 16.2 Å². The predicted octanol–water partition coefficient (Wildman–Crippen LogP) is 5.41. The number of para-hydroxylation sites is 3. The van der Waals surface area contributed by atoms with Gasteiger partial charge in [-0.15, -0.1) is 0 Å². The van der Waals surface area contributed by atoms with Crippen molar-refractivity contribution in [1.29, 1.82) is 0 Å². The van der Waals surface area contributed by atoms with Crippen LogP contribution in [0.5, 0.6) is 0 Å². The van der Waals surface area contributed by atoms with Crippen molar-refractivity contribution < 1.29 is 47.8 Å². The average molecular weight is 1470 g/mol. The highest BCUT2D eigenvalue weighted by molar-refractivity contribution is 9.10. The molecule has 0 saturated carbocycles. The van der Waals surface area contributed by atoms with Crippen molar-refractivity contribution in [2.75, 3.05) is 88.3 Å². The highest BCUT2D eigenvalue weighted by atomic mass is 79.9. The first kappa shape index (κ1) is 73.1. The number of hydrogen-bond donors (Lipinski definition) is 5. The Kier molecular flexibility index (Phi) is 20.7. The SMILES string of the molecule is CC(C)(C)OC(=O)N1CCC2(CC1)CNC2.Cn1c(=O)n(C2CCC(=O)NC2=O)c2cccc(Br)c21.Cn1c(=O)n(C2CCC(=O)NC2=O)c2cccc(N3CC4(CCN(C(=O)OC(C)(C)C)CC4)C3)c21.Cn1c(=O)n(C2CCC(=O)NC2=O)c2cccc(N3CC4(CCNCC4)C3)c21.P. The van der Waals surface area contributed by atoms with E-state index in [0.29, 0.717) is 54.2 Å². The number of ether oxygens (including phenoxy) is 2. The third-order valence-corrected chi connectivity index (χ3v) is 21.8. The van der Waals surface area contributed by atoms with E-state index in [1.54, 1.807) is 45.8 Å². The van der Waals surface area contributed by atoms with Crippen molar-refractivity contribution in [1.82, 2.24) is 63.8 Å². The highest BCUT2D eigenvalue weighted by Crippen LogP contribution is 2.46. The van der Waals surface area contributed by atoms with Gasteiger partial charge in [-0.05, 0) is 170 Å². The molecule has 100 heavy (non-hydrogen) atoms. The van der Waals surface area contributed by atoms with E-state index in [9.17, 15) is 52.7 Å². The summed E-state index contributed by atoms with van der Waals surface area (Å²) in [5.74, 6) is -2.11. The summed E-state index contributed by atoms with van der Waals surface area (Å²) in [4.78, 5) is 142. The number of rotatable bonds is 5. The molecule has 5 N–H and O–H groups in total. The number of carbonyl (C=O) groups excluding carboxylic acids is 8. The Hall–Kier alpha value is -8.14. The van der Waals surface area contributed by atoms with E-state index < -0.39 is 41.4 Å². The van der Waals surface area contributed by atoms with Gasteiger partial charge >= 0.3 is 29.3 Å². The van der Waals surface area contributed by atoms with Gasteiger partial charge in [0.2, 0.25) is 35.4 Å². The fourth-order valence-corrected chi connectivity index (χ4v) is 16.3. The molecule has 28 nitrogen and oxygen atoms in total. The van der Waals surface area contributed by atoms with Gasteiger partial charge in [-0.1, -0.05) is 18.2 Å². The van der Waals surface area contributed by atoms with Gasteiger partial charge < -0.3 is 39.7 Å². The molecular formula is C70H95BrN15O13P. The molecule has 8 amide bonds. The first-order valence-electron chi connectivity index (χ1n) is 34.5. The maximum Gasteiger partial charge on any atom is 0.410 e. The van der Waals surface area contributed by atoms with Crippen LogP contribution in [0.2, 0.25) is 0 Å². The molecule has 4 atom stereocenters. The highest BCUT2D eigenvalue weighted by Gasteiger charge is 2.48. The molecule has 0 radical (unpaired) electrons. The molecule has 15 rings (SSSR count). The number of likely N-dealkylation sites (tertiary alicyclic amines) is 2. The lowest BCUT2D eigenvalue weighted by Gasteiger charge is -2.55. The van der Waals surface area contributed by atoms with E-state index in [1.807, 2.05) is 88.9 Å². The van der Waals surface area contributed by atoms with Crippen LogP contribution < -0.4 is 53.5 Å². The molecular weight excluding hydrogens is 1370 g/mol. The molecule has 4 unspecified atom stereocenters. The lowest BCUT2D eigenvalue weighted by molar-refractivity contribution is -0.137. The second-order valence-corrected chi connectivity index (χ2v) is 31.3. The number of nitrogens with zero attached hydrogens (tertiary/aromatic N) is 10. The lowest BCUT2D eigenvalue weighted by Crippen LogP contribution is -2.61. The number of anilines is 2. The Balaban J connectivity index is 0.000000140. The normalized spacial score (nSPS) is 22.4. The molecule has 540 valence electrons. The number of benzene rings is 3. The molecule has 6 aromatic rings. The maximum absolute atomic E-state index is 13.2. The third-order valence-electron chi connectivity index (χ3n) is 21.2. The van der Waals surface area contributed by atoms with Crippen LogP contribution in [0.15, 0.2) is 73.5 Å². The second-order valence-electron chi connectivity index (χ2n) is 30.4. The monoisotopic (exact) mass is 1460 g/mol. The van der Waals surface area contributed by atoms with E-state index in [2.05, 4.69) is 58.4 Å². The smallest absolute Gasteiger partial charge is 0.410 e. The predicted molar refractivity (Wildman–Crippen MR) is 385 cm³/mol. The van der Waals surface area contributed by atoms with Gasteiger partial charge in [-0.25, -0.2) is 24.0 Å². The summed E-state index contributed by atoms with van der Waals surface area (Å²) in [7, 11) is 5.15. The van der Waals surface area contributed by atoms with Gasteiger partial charge in [0.05, 0.1) is 44.5 Å². The summed E-state index contributed by atoms with van der Waals surface area (Å²) in [6.07, 6.45) is 7.74. The molecule has 0 aliphatic carbocycles. The van der Waals surface area contributed by atoms with Gasteiger partial charge in [0.15, 0.2) is 0 Å². The Morgan fingerprint density at radius 3 is 1.13 bits per heavy atom. The van der Waals surface area contributed by atoms with Gasteiger partial charge in [-0.2, -0.15) is 9.90 Å². The van der Waals surface area contributed by atoms with E-state index in [1.165, 1.54) is 26.5 Å². The van der Waals surface area contributed by atoms with Crippen LogP contribution in [0.1, 0.15) is 137 Å². The third kappa shape index (κ3) is 14.5. The standard InChI is InChI=1S/C25H33N5O5.C20H25N5O3.C13H12BrN3O3.C12H22N2O2.H3P/c1-24(2,3)35-23(34)28-12-10-25(11-13-28)14-29(15-25)16-6-5-7-17-20(16)27(4)22(33)30(17)18-8-9-19(31)26-21(18)32;1-23-17-13(24-11-20(12-24)7-9-21-10-8-20)3-2-4-14(17)25(19(23)28)15-5-6-16(26)22-18(15)27;1-16-11-7(14)3-2-4-8(11)17(13(16)20)9-5-6-10(18)15-12(9)19;1-11(2,3)16-10(15)14-6-4-12(5-7-14)8-13-9-12;/h5-7,18H,8-15H2,1-4H3,(H,26,31,32);2-4,15,21H,5-12H2,1H3,(H,22,26,27);2-4,9H,5-6H2,1H3,(H,15,18,19);13H,4-9H2,1-3H3;1H3. The fraction of sp³-hybridized carbons (Fsp3) is 0.586. The van der Waals surface area contributed by atoms with Crippen LogP contribution in [-0.2, 0) is 59.4 Å². The van der Waals surface area contributed by atoms with Crippen molar-refractivity contribution in [2.45, 2.75) is 148 Å². The van der Waals surface area contributed by atoms with Gasteiger partial charge in [-0.3, -0.25) is 72.1 Å². The van der Waals surface area contributed by atoms with Crippen molar-refractivity contribution in [3.63, 3.8) is 0 Å². The number of fused-ring (bicyclic) bond motifs is 3. The zero-order valence-electron chi connectivity index (χ0n) is 58.8. The van der Waals surface area contributed by atoms with E-state index >= 15 is 0 Å². The molecule has 9 aliphatic rings. The largest absolute Gasteiger partial charge is 0.444 e. The first-order valence-corrected chi connectivity index (χ1v) is 35.3. The van der Waals surface area contributed by atoms with Crippen molar-refractivity contribution in [3.8, 4) is 0 Å². The Bertz CT molecular complexity index is 4390. The molecule has 30 heteroatoms. The quantitative estimate of drug-likeness (QED) is 0.106. The maximum atomic E-state index is 13.2. The summed E-state index contributed by atoms with van der Waals surface area (Å²) in [5.41, 5.74) is 5.94. The van der Waals surface area contributed by atoms with Crippen LogP contribution in [0.25, 0.3) is 33.1 Å². The summed E-state index contributed by atoms with van der Waals surface area (Å²) in [6.45, 7) is 22.5. The number of aromatic nitrogens is 6. The topological polar surface area (TPSA) is 309 Å². The number of piperidine rings is 6. The van der Waals surface area contributed by atoms with Crippen LogP contribution in [0.4, 0.5) is 21.0 Å². The summed E-state index contributed by atoms with van der Waals surface area (Å²) in [6, 6.07) is 15.2. The van der Waals surface area contributed by atoms with E-state index in [4.69, 9.17) is 9.47 Å². The minimum Gasteiger partial charge on any atom is -0.444 e. The number of halogens is 1. The number of aryl methyl sites for hydroxylation is 3. The number of imidazole rings is 3. The number of nitrogens with one attached hydrogen (secondary N) is 5. The molecule has 3 aromatic heterocycles. The molecule has 9 aliphatic heterocycles. The van der Waals surface area contributed by atoms with Crippen molar-refractivity contribution in [3.05, 3.63) is 90.5 Å². The van der Waals surface area contributed by atoms with Crippen LogP contribution in [0.3, 0.4) is 0 Å². The molecule has 12 heterocycles. The number of imide groups is 3. The van der Waals surface area contributed by atoms with Crippen molar-refractivity contribution in [2.24, 2.45) is 37.4 Å². The second kappa shape index (κ2) is 28.4. The zero-order valence-corrected chi connectivity index (χ0v) is 61.8. The summed E-state index contributed by atoms with van der Waals surface area (Å²) < 4.78 is 21.0. The van der Waals surface area contributed by atoms with E-state index in [-0.39, 0.29) is 87.2 Å². The Morgan fingerprint density at radius 2 is 0.790 bits per heavy atom. The molecule has 3 aromatic carbocycles. The van der Waals surface area contributed by atoms with E-state index in [0.717, 1.165) is 129 Å². The molecule has 9 saturated heterocycles. The number of carbonyl (C=O) groups is 8. The molecule has 0 bridgehead atoms. The summed E-state index contributed by atoms with van der Waals surface area (Å²) in [5, 5.41) is 13.8. The minimum absolute atomic E-state index is 0. The Labute approximate surface area is 590 Å². The summed E-state index contributed by atoms with van der Waals surface area (Å²) >= 11 is 3.42. The zero-order chi connectivity index (χ0) is 70.8. The number of amides is 8. The number of hydrogen-bond acceptors (Lipinski definition) is 17. The fourth-order valence-electron chi connectivity index (χ4n) is 15.7. The average Bonchev–Trinajstić information content (AvgIpc) is 1.65. The first-order chi connectivity index (χ1) is 46.9. The Morgan fingerprint density at radius 1 is 0.460 bits per heavy atom. The van der Waals surface area contributed by atoms with Crippen molar-refractivity contribution >= 4 is 118 Å². The van der Waals surface area contributed by atoms with Gasteiger partial charge in [0, 0.05) is 121 Å². The molecule has 3 spiro atoms.